The van der Waals surface area contributed by atoms with Crippen LogP contribution in [0.4, 0.5) is 0 Å². The molecule has 0 spiro atoms. The average molecular weight is 243 g/mol. The fraction of sp³-hybridized carbons (Fsp3) is 0.636. The van der Waals surface area contributed by atoms with Gasteiger partial charge in [-0.15, -0.1) is 0 Å². The maximum Gasteiger partial charge on any atom is 0.140 e. The molecule has 0 aromatic heterocycles. The summed E-state index contributed by atoms with van der Waals surface area (Å²) < 4.78 is 0. The largest absolute Gasteiger partial charge is 0.545 e. The lowest BCUT2D eigenvalue weighted by Crippen LogP contribution is -3.11. The summed E-state index contributed by atoms with van der Waals surface area (Å²) in [6, 6.07) is 0.764. The molecular formula is C11H19N2O4-. The van der Waals surface area contributed by atoms with Gasteiger partial charge in [0.25, 0.3) is 0 Å². The Labute approximate surface area is 101 Å². The fourth-order valence-corrected chi connectivity index (χ4v) is 1.65. The molecule has 3 atom stereocenters. The van der Waals surface area contributed by atoms with Gasteiger partial charge in [-0.05, 0) is 26.1 Å². The van der Waals surface area contributed by atoms with E-state index < -0.39 is 11.9 Å². The Balaban J connectivity index is 0.000000304. The highest BCUT2D eigenvalue weighted by molar-refractivity contribution is 5.87. The molecule has 0 saturated carbocycles. The fourth-order valence-electron chi connectivity index (χ4n) is 1.65. The van der Waals surface area contributed by atoms with Crippen LogP contribution in [0.5, 0.6) is 0 Å². The van der Waals surface area contributed by atoms with Gasteiger partial charge in [0, 0.05) is 6.92 Å². The maximum absolute atomic E-state index is 9.41. The summed E-state index contributed by atoms with van der Waals surface area (Å²) in [4.78, 5) is 22.9. The molecule has 0 aromatic carbocycles. The molecule has 0 aliphatic carbocycles. The van der Waals surface area contributed by atoms with E-state index in [2.05, 4.69) is 32.8 Å². The van der Waals surface area contributed by atoms with E-state index in [9.17, 15) is 19.8 Å². The summed E-state index contributed by atoms with van der Waals surface area (Å²) in [7, 11) is 4.45. The Morgan fingerprint density at radius 3 is 1.76 bits per heavy atom. The predicted molar refractivity (Wildman–Crippen MR) is 57.6 cm³/mol. The number of aliphatic carboxylic acids is 2. The van der Waals surface area contributed by atoms with E-state index in [4.69, 9.17) is 0 Å². The zero-order valence-electron chi connectivity index (χ0n) is 10.6. The molecule has 1 N–H and O–H groups in total. The van der Waals surface area contributed by atoms with Gasteiger partial charge in [-0.1, -0.05) is 0 Å². The molecule has 6 heteroatoms. The lowest BCUT2D eigenvalue weighted by Gasteiger charge is -2.17. The second kappa shape index (κ2) is 7.03. The Morgan fingerprint density at radius 2 is 1.65 bits per heavy atom. The molecule has 6 nitrogen and oxygen atoms in total. The molecule has 1 rings (SSSR count). The third-order valence-corrected chi connectivity index (χ3v) is 2.99. The summed E-state index contributed by atoms with van der Waals surface area (Å²) in [5.41, 5.74) is 0. The van der Waals surface area contributed by atoms with Gasteiger partial charge in [0.1, 0.15) is 6.17 Å². The minimum atomic E-state index is -1.55. The number of carboxylic acid groups (broad SMARTS) is 2. The lowest BCUT2D eigenvalue weighted by atomic mass is 10.3. The van der Waals surface area contributed by atoms with E-state index in [0.717, 1.165) is 6.04 Å². The van der Waals surface area contributed by atoms with Crippen LogP contribution in [0.1, 0.15) is 13.8 Å². The van der Waals surface area contributed by atoms with Crippen molar-refractivity contribution < 1.29 is 24.7 Å². The molecule has 1 heterocycles. The quantitative estimate of drug-likeness (QED) is 0.503. The van der Waals surface area contributed by atoms with Gasteiger partial charge in [-0.2, -0.15) is 0 Å². The van der Waals surface area contributed by atoms with Gasteiger partial charge < -0.3 is 24.7 Å². The second-order valence-electron chi connectivity index (χ2n) is 4.21. The van der Waals surface area contributed by atoms with Crippen molar-refractivity contribution in [3.63, 3.8) is 0 Å². The number of carbonyl (C=O) groups is 2. The summed E-state index contributed by atoms with van der Waals surface area (Å²) in [5, 5.41) is 18.8. The zero-order chi connectivity index (χ0) is 13.6. The molecule has 0 bridgehead atoms. The van der Waals surface area contributed by atoms with E-state index in [0.29, 0.717) is 18.3 Å². The van der Waals surface area contributed by atoms with E-state index in [1.165, 1.54) is 6.54 Å². The Hall–Kier alpha value is -1.40. The number of nitrogens with one attached hydrogen (secondary N) is 1. The van der Waals surface area contributed by atoms with Gasteiger partial charge >= 0.3 is 0 Å². The molecule has 98 valence electrons. The van der Waals surface area contributed by atoms with Crippen molar-refractivity contribution in [3.05, 3.63) is 12.2 Å². The van der Waals surface area contributed by atoms with Crippen LogP contribution in [0, 0.1) is 0 Å². The van der Waals surface area contributed by atoms with Crippen molar-refractivity contribution in [1.82, 2.24) is 4.90 Å². The van der Waals surface area contributed by atoms with Crippen LogP contribution in [-0.4, -0.2) is 49.7 Å². The van der Waals surface area contributed by atoms with E-state index in [-0.39, 0.29) is 0 Å². The smallest absolute Gasteiger partial charge is 0.140 e. The van der Waals surface area contributed by atoms with E-state index in [1.807, 2.05) is 0 Å². The van der Waals surface area contributed by atoms with Crippen molar-refractivity contribution in [3.8, 4) is 0 Å². The number of hydrogen-bond acceptors (Lipinski definition) is 5. The van der Waals surface area contributed by atoms with Crippen LogP contribution in [0.15, 0.2) is 12.2 Å². The predicted octanol–water partition coefficient (Wildman–Crippen LogP) is -3.78. The first-order valence-electron chi connectivity index (χ1n) is 5.40. The van der Waals surface area contributed by atoms with Gasteiger partial charge in [0.2, 0.25) is 0 Å². The Kier molecular flexibility index (Phi) is 6.45. The third-order valence-electron chi connectivity index (χ3n) is 2.99. The summed E-state index contributed by atoms with van der Waals surface area (Å²) in [6.45, 7) is 5.85. The first kappa shape index (κ1) is 15.6. The Bertz CT molecular complexity index is 276. The number of nitrogens with zero attached hydrogens (tertiary/aromatic N) is 1. The highest BCUT2D eigenvalue weighted by Gasteiger charge is 2.31. The van der Waals surface area contributed by atoms with Crippen molar-refractivity contribution in [2.24, 2.45) is 0 Å². The first-order valence-corrected chi connectivity index (χ1v) is 5.40. The zero-order valence-corrected chi connectivity index (χ0v) is 10.6. The van der Waals surface area contributed by atoms with Crippen molar-refractivity contribution in [2.75, 3.05) is 20.6 Å². The van der Waals surface area contributed by atoms with Gasteiger partial charge in [-0.3, -0.25) is 0 Å². The molecule has 1 aliphatic rings. The van der Waals surface area contributed by atoms with Gasteiger partial charge in [-0.25, -0.2) is 4.90 Å². The molecule has 0 radical (unpaired) electrons. The topological polar surface area (TPSA) is 87.9 Å². The second-order valence-corrected chi connectivity index (χ2v) is 4.21. The summed E-state index contributed by atoms with van der Waals surface area (Å²) in [6.07, 6.45) is 1.48. The first-order chi connectivity index (χ1) is 7.75. The number of quaternary nitrogens is 1. The van der Waals surface area contributed by atoms with Crippen molar-refractivity contribution >= 4 is 11.9 Å². The molecule has 17 heavy (non-hydrogen) atoms. The highest BCUT2D eigenvalue weighted by Crippen LogP contribution is 2.00. The molecule has 1 fully saturated rings. The third kappa shape index (κ3) is 6.03. The van der Waals surface area contributed by atoms with Crippen LogP contribution < -0.4 is 15.1 Å². The molecule has 3 unspecified atom stereocenters. The van der Waals surface area contributed by atoms with Crippen LogP contribution in [0.3, 0.4) is 0 Å². The monoisotopic (exact) mass is 243 g/mol. The van der Waals surface area contributed by atoms with Gasteiger partial charge in [0.05, 0.1) is 31.6 Å². The highest BCUT2D eigenvalue weighted by atomic mass is 16.4. The molecule has 1 saturated heterocycles. The Morgan fingerprint density at radius 1 is 1.24 bits per heavy atom. The molecular weight excluding hydrogens is 224 g/mol. The van der Waals surface area contributed by atoms with Crippen molar-refractivity contribution in [1.29, 1.82) is 0 Å². The summed E-state index contributed by atoms with van der Waals surface area (Å²) >= 11 is 0. The van der Waals surface area contributed by atoms with Crippen LogP contribution in [0.2, 0.25) is 0 Å². The van der Waals surface area contributed by atoms with E-state index in [1.54, 1.807) is 4.90 Å². The number of carbonyl (C=O) groups excluding carboxylic acids is 2. The van der Waals surface area contributed by atoms with E-state index >= 15 is 0 Å². The van der Waals surface area contributed by atoms with Crippen LogP contribution in [0.25, 0.3) is 0 Å². The number of likely N-dealkylation sites (N-methyl/N-ethyl adjacent to an activating group) is 2. The maximum atomic E-state index is 9.41. The summed E-state index contributed by atoms with van der Waals surface area (Å²) in [5.74, 6) is -3.09. The van der Waals surface area contributed by atoms with Gasteiger partial charge in [0.15, 0.2) is 0 Å². The number of carboxylic acids is 2. The number of rotatable bonds is 2. The SMILES string of the molecule is CC1C[NH+](C)C(C)N1C.O=C([O-])/C=C\C(=O)[O-]. The van der Waals surface area contributed by atoms with Crippen LogP contribution >= 0.6 is 0 Å². The van der Waals surface area contributed by atoms with Crippen molar-refractivity contribution in [2.45, 2.75) is 26.1 Å². The van der Waals surface area contributed by atoms with Crippen LogP contribution in [-0.2, 0) is 9.59 Å². The lowest BCUT2D eigenvalue weighted by molar-refractivity contribution is -0.896. The molecule has 1 aliphatic heterocycles. The molecule has 0 aromatic rings. The average Bonchev–Trinajstić information content (AvgIpc) is 2.44. The minimum Gasteiger partial charge on any atom is -0.545 e. The standard InChI is InChI=1S/C7H16N2.C4H4O4/c1-6-5-8(3)7(2)9(6)4;5-3(6)1-2-4(7)8/h6-7H,5H2,1-4H3;1-2H,(H,5,6)(H,7,8)/p-1/b;2-1-. The molecule has 0 amide bonds. The number of hydrogen-bond donors (Lipinski definition) is 1. The normalized spacial score (nSPS) is 28.8. The minimum absolute atomic E-state index is 0.384.